The lowest BCUT2D eigenvalue weighted by atomic mass is 10.2. The van der Waals surface area contributed by atoms with Crippen molar-refractivity contribution in [2.45, 2.75) is 33.5 Å². The van der Waals surface area contributed by atoms with Gasteiger partial charge in [0.15, 0.2) is 22.6 Å². The van der Waals surface area contributed by atoms with E-state index < -0.39 is 6.61 Å². The standard InChI is InChI=1S/C19H27F2N5O2S/c1-5-22-18(24-11-14-12-29-19(25-14)26(3)4)23-10-13-8-7-9-15(27-6-2)16(13)28-17(20)21/h7-9,12,17H,5-6,10-11H2,1-4H3,(H2,22,23,24). The summed E-state index contributed by atoms with van der Waals surface area (Å²) in [6.07, 6.45) is 0. The summed E-state index contributed by atoms with van der Waals surface area (Å²) in [5.74, 6) is 0.841. The molecule has 2 rings (SSSR count). The van der Waals surface area contributed by atoms with E-state index in [0.717, 1.165) is 10.8 Å². The highest BCUT2D eigenvalue weighted by Crippen LogP contribution is 2.33. The smallest absolute Gasteiger partial charge is 0.387 e. The van der Waals surface area contributed by atoms with Crippen LogP contribution in [-0.4, -0.2) is 44.8 Å². The van der Waals surface area contributed by atoms with Gasteiger partial charge in [-0.05, 0) is 19.9 Å². The molecule has 0 saturated heterocycles. The lowest BCUT2D eigenvalue weighted by molar-refractivity contribution is -0.0520. The Kier molecular flexibility index (Phi) is 8.91. The highest BCUT2D eigenvalue weighted by molar-refractivity contribution is 7.13. The molecule has 0 fully saturated rings. The molecule has 0 unspecified atom stereocenters. The van der Waals surface area contributed by atoms with Crippen LogP contribution in [-0.2, 0) is 13.1 Å². The molecule has 160 valence electrons. The summed E-state index contributed by atoms with van der Waals surface area (Å²) < 4.78 is 35.8. The molecule has 10 heteroatoms. The minimum Gasteiger partial charge on any atom is -0.490 e. The van der Waals surface area contributed by atoms with Crippen LogP contribution in [0.5, 0.6) is 11.5 Å². The number of nitrogens with zero attached hydrogens (tertiary/aromatic N) is 3. The van der Waals surface area contributed by atoms with Crippen LogP contribution >= 0.6 is 11.3 Å². The van der Waals surface area contributed by atoms with Crippen LogP contribution in [0.15, 0.2) is 28.6 Å². The van der Waals surface area contributed by atoms with Crippen molar-refractivity contribution in [3.8, 4) is 11.5 Å². The molecular weight excluding hydrogens is 400 g/mol. The van der Waals surface area contributed by atoms with Gasteiger partial charge in [-0.15, -0.1) is 11.3 Å². The second-order valence-corrected chi connectivity index (χ2v) is 6.96. The van der Waals surface area contributed by atoms with Crippen LogP contribution in [0.25, 0.3) is 0 Å². The van der Waals surface area contributed by atoms with Gasteiger partial charge in [0.05, 0.1) is 25.4 Å². The fourth-order valence-corrected chi connectivity index (χ4v) is 3.20. The van der Waals surface area contributed by atoms with Crippen molar-refractivity contribution >= 4 is 22.4 Å². The molecule has 2 N–H and O–H groups in total. The summed E-state index contributed by atoms with van der Waals surface area (Å²) in [7, 11) is 3.88. The monoisotopic (exact) mass is 427 g/mol. The van der Waals surface area contributed by atoms with Gasteiger partial charge in [-0.3, -0.25) is 0 Å². The molecule has 0 aliphatic rings. The molecule has 0 aliphatic heterocycles. The topological polar surface area (TPSA) is 71.0 Å². The number of aliphatic imine (C=N–C) groups is 1. The average Bonchev–Trinajstić information content (AvgIpc) is 3.15. The third kappa shape index (κ3) is 7.04. The molecule has 2 aromatic rings. The SMILES string of the molecule is CCNC(=NCc1cccc(OCC)c1OC(F)F)NCc1csc(N(C)C)n1. The largest absolute Gasteiger partial charge is 0.490 e. The average molecular weight is 428 g/mol. The Morgan fingerprint density at radius 1 is 1.28 bits per heavy atom. The maximum atomic E-state index is 12.9. The highest BCUT2D eigenvalue weighted by Gasteiger charge is 2.15. The number of guanidine groups is 1. The van der Waals surface area contributed by atoms with E-state index in [1.54, 1.807) is 36.5 Å². The predicted molar refractivity (Wildman–Crippen MR) is 112 cm³/mol. The second kappa shape index (κ2) is 11.4. The van der Waals surface area contributed by atoms with E-state index in [9.17, 15) is 8.78 Å². The third-order valence-electron chi connectivity index (χ3n) is 3.68. The minimum atomic E-state index is -2.94. The molecule has 0 radical (unpaired) electrons. The van der Waals surface area contributed by atoms with Crippen LogP contribution in [0.2, 0.25) is 0 Å². The Balaban J connectivity index is 2.13. The first-order valence-electron chi connectivity index (χ1n) is 9.28. The molecule has 1 heterocycles. The number of benzene rings is 1. The van der Waals surface area contributed by atoms with Crippen LogP contribution in [0.3, 0.4) is 0 Å². The number of halogens is 2. The van der Waals surface area contributed by atoms with Crippen molar-refractivity contribution in [2.75, 3.05) is 32.1 Å². The maximum Gasteiger partial charge on any atom is 0.387 e. The first kappa shape index (κ1) is 22.7. The number of thiazole rings is 1. The summed E-state index contributed by atoms with van der Waals surface area (Å²) in [5, 5.41) is 9.24. The van der Waals surface area contributed by atoms with Gasteiger partial charge in [0.2, 0.25) is 0 Å². The number of rotatable bonds is 10. The zero-order valence-electron chi connectivity index (χ0n) is 17.0. The van der Waals surface area contributed by atoms with Gasteiger partial charge in [0.25, 0.3) is 0 Å². The molecule has 1 aromatic carbocycles. The van der Waals surface area contributed by atoms with E-state index in [2.05, 4.69) is 20.6 Å². The van der Waals surface area contributed by atoms with Crippen LogP contribution in [0.1, 0.15) is 25.1 Å². The molecule has 29 heavy (non-hydrogen) atoms. The third-order valence-corrected chi connectivity index (χ3v) is 4.74. The number of ether oxygens (including phenoxy) is 2. The van der Waals surface area contributed by atoms with Crippen molar-refractivity contribution in [3.05, 3.63) is 34.8 Å². The van der Waals surface area contributed by atoms with Crippen molar-refractivity contribution in [1.82, 2.24) is 15.6 Å². The highest BCUT2D eigenvalue weighted by atomic mass is 32.1. The summed E-state index contributed by atoms with van der Waals surface area (Å²) in [6.45, 7) is 2.44. The van der Waals surface area contributed by atoms with Gasteiger partial charge in [-0.25, -0.2) is 9.98 Å². The minimum absolute atomic E-state index is 0.0130. The predicted octanol–water partition coefficient (Wildman–Crippen LogP) is 3.46. The zero-order chi connectivity index (χ0) is 21.2. The van der Waals surface area contributed by atoms with Gasteiger partial charge in [0.1, 0.15) is 0 Å². The van der Waals surface area contributed by atoms with Gasteiger partial charge in [-0.2, -0.15) is 8.78 Å². The zero-order valence-corrected chi connectivity index (χ0v) is 17.9. The van der Waals surface area contributed by atoms with Crippen LogP contribution in [0, 0.1) is 0 Å². The number of anilines is 1. The molecular formula is C19H27F2N5O2S. The summed E-state index contributed by atoms with van der Waals surface area (Å²) in [4.78, 5) is 11.0. The van der Waals surface area contributed by atoms with E-state index in [0.29, 0.717) is 31.2 Å². The Labute approximate surface area is 173 Å². The first-order valence-corrected chi connectivity index (χ1v) is 10.2. The lowest BCUT2D eigenvalue weighted by Gasteiger charge is -2.15. The van der Waals surface area contributed by atoms with Crippen molar-refractivity contribution in [1.29, 1.82) is 0 Å². The van der Waals surface area contributed by atoms with Crippen molar-refractivity contribution in [3.63, 3.8) is 0 Å². The molecule has 0 saturated carbocycles. The molecule has 0 spiro atoms. The summed E-state index contributed by atoms with van der Waals surface area (Å²) >= 11 is 1.56. The molecule has 0 amide bonds. The van der Waals surface area contributed by atoms with E-state index in [1.807, 2.05) is 31.3 Å². The number of nitrogens with one attached hydrogen (secondary N) is 2. The molecule has 0 atom stereocenters. The lowest BCUT2D eigenvalue weighted by Crippen LogP contribution is -2.36. The quantitative estimate of drug-likeness (QED) is 0.447. The Morgan fingerprint density at radius 2 is 2.07 bits per heavy atom. The fraction of sp³-hybridized carbons (Fsp3) is 0.474. The Hall–Kier alpha value is -2.62. The molecule has 0 bridgehead atoms. The number of hydrogen-bond acceptors (Lipinski definition) is 6. The fourth-order valence-electron chi connectivity index (χ4n) is 2.44. The summed E-state index contributed by atoms with van der Waals surface area (Å²) in [5.41, 5.74) is 1.40. The van der Waals surface area contributed by atoms with E-state index in [-0.39, 0.29) is 18.0 Å². The molecule has 0 aliphatic carbocycles. The number of para-hydroxylation sites is 1. The van der Waals surface area contributed by atoms with E-state index in [1.165, 1.54) is 0 Å². The number of alkyl halides is 2. The van der Waals surface area contributed by atoms with Crippen molar-refractivity contribution < 1.29 is 18.3 Å². The normalized spacial score (nSPS) is 11.5. The van der Waals surface area contributed by atoms with E-state index in [4.69, 9.17) is 9.47 Å². The van der Waals surface area contributed by atoms with Crippen molar-refractivity contribution in [2.24, 2.45) is 4.99 Å². The molecule has 7 nitrogen and oxygen atoms in total. The maximum absolute atomic E-state index is 12.9. The Morgan fingerprint density at radius 3 is 2.69 bits per heavy atom. The van der Waals surface area contributed by atoms with Crippen LogP contribution < -0.4 is 25.0 Å². The van der Waals surface area contributed by atoms with Gasteiger partial charge in [0, 0.05) is 31.6 Å². The van der Waals surface area contributed by atoms with Gasteiger partial charge in [-0.1, -0.05) is 12.1 Å². The van der Waals surface area contributed by atoms with Gasteiger partial charge < -0.3 is 25.0 Å². The summed E-state index contributed by atoms with van der Waals surface area (Å²) in [6, 6.07) is 5.02. The number of aromatic nitrogens is 1. The second-order valence-electron chi connectivity index (χ2n) is 6.12. The number of hydrogen-bond donors (Lipinski definition) is 2. The first-order chi connectivity index (χ1) is 13.9. The van der Waals surface area contributed by atoms with Crippen LogP contribution in [0.4, 0.5) is 13.9 Å². The Bertz CT molecular complexity index is 799. The molecule has 1 aromatic heterocycles. The van der Waals surface area contributed by atoms with E-state index >= 15 is 0 Å². The van der Waals surface area contributed by atoms with Gasteiger partial charge >= 0.3 is 6.61 Å².